The van der Waals surface area contributed by atoms with E-state index in [1.54, 1.807) is 0 Å². The van der Waals surface area contributed by atoms with Crippen molar-refractivity contribution < 1.29 is 0 Å². The Hall–Kier alpha value is -0.980. The maximum absolute atomic E-state index is 5.47. The number of nitrogens with zero attached hydrogens (tertiary/aromatic N) is 5. The first kappa shape index (κ1) is 13.1. The molecule has 0 saturated carbocycles. The number of likely N-dealkylation sites (N-methyl/N-ethyl adjacent to an activating group) is 2. The molecule has 16 heavy (non-hydrogen) atoms. The van der Waals surface area contributed by atoms with Gasteiger partial charge >= 0.3 is 0 Å². The van der Waals surface area contributed by atoms with Crippen LogP contribution >= 0.6 is 0 Å². The fraction of sp³-hybridized carbons (Fsp3) is 0.800. The first-order valence-corrected chi connectivity index (χ1v) is 5.54. The summed E-state index contributed by atoms with van der Waals surface area (Å²) in [6.07, 6.45) is 1.90. The number of rotatable bonds is 7. The molecular formula is C10H22N6. The predicted molar refractivity (Wildman–Crippen MR) is 64.0 cm³/mol. The third-order valence-electron chi connectivity index (χ3n) is 2.43. The van der Waals surface area contributed by atoms with Crippen LogP contribution in [0.1, 0.15) is 5.69 Å². The predicted octanol–water partition coefficient (Wildman–Crippen LogP) is -0.770. The van der Waals surface area contributed by atoms with Crippen molar-refractivity contribution in [3.8, 4) is 0 Å². The highest BCUT2D eigenvalue weighted by molar-refractivity contribution is 4.90. The summed E-state index contributed by atoms with van der Waals surface area (Å²) in [6.45, 7) is 4.42. The van der Waals surface area contributed by atoms with Crippen LogP contribution in [-0.4, -0.2) is 65.6 Å². The molecule has 1 heterocycles. The van der Waals surface area contributed by atoms with E-state index in [9.17, 15) is 0 Å². The summed E-state index contributed by atoms with van der Waals surface area (Å²) >= 11 is 0. The Morgan fingerprint density at radius 2 is 2.00 bits per heavy atom. The minimum absolute atomic E-state index is 0.455. The van der Waals surface area contributed by atoms with Gasteiger partial charge in [0.15, 0.2) is 0 Å². The van der Waals surface area contributed by atoms with Crippen LogP contribution in [0.15, 0.2) is 6.20 Å². The second-order valence-electron chi connectivity index (χ2n) is 4.28. The highest BCUT2D eigenvalue weighted by Gasteiger charge is 2.02. The SMILES string of the molecule is CN(C)CCN(C)CCn1cc(CN)nn1. The van der Waals surface area contributed by atoms with Gasteiger partial charge in [-0.25, -0.2) is 0 Å². The lowest BCUT2D eigenvalue weighted by atomic mass is 10.4. The van der Waals surface area contributed by atoms with Gasteiger partial charge in [-0.2, -0.15) is 0 Å². The van der Waals surface area contributed by atoms with E-state index in [2.05, 4.69) is 41.3 Å². The Balaban J connectivity index is 2.23. The van der Waals surface area contributed by atoms with Crippen LogP contribution < -0.4 is 5.73 Å². The van der Waals surface area contributed by atoms with Crippen molar-refractivity contribution >= 4 is 0 Å². The molecule has 0 aliphatic rings. The zero-order valence-electron chi connectivity index (χ0n) is 10.4. The third-order valence-corrected chi connectivity index (χ3v) is 2.43. The summed E-state index contributed by atoms with van der Waals surface area (Å²) in [5.41, 5.74) is 6.31. The Morgan fingerprint density at radius 3 is 2.56 bits per heavy atom. The molecule has 0 fully saturated rings. The van der Waals surface area contributed by atoms with Gasteiger partial charge in [-0.05, 0) is 21.1 Å². The normalized spacial score (nSPS) is 11.6. The molecular weight excluding hydrogens is 204 g/mol. The summed E-state index contributed by atoms with van der Waals surface area (Å²) in [5.74, 6) is 0. The van der Waals surface area contributed by atoms with Crippen molar-refractivity contribution in [3.63, 3.8) is 0 Å². The molecule has 0 atom stereocenters. The van der Waals surface area contributed by atoms with Crippen molar-refractivity contribution in [2.24, 2.45) is 5.73 Å². The van der Waals surface area contributed by atoms with E-state index in [-0.39, 0.29) is 0 Å². The molecule has 0 aliphatic carbocycles. The van der Waals surface area contributed by atoms with E-state index in [0.717, 1.165) is 31.9 Å². The molecule has 0 radical (unpaired) electrons. The van der Waals surface area contributed by atoms with Crippen LogP contribution in [0.5, 0.6) is 0 Å². The van der Waals surface area contributed by atoms with E-state index < -0.39 is 0 Å². The standard InChI is InChI=1S/C10H22N6/c1-14(2)4-5-15(3)6-7-16-9-10(8-11)12-13-16/h9H,4-8,11H2,1-3H3. The van der Waals surface area contributed by atoms with Crippen molar-refractivity contribution in [1.82, 2.24) is 24.8 Å². The molecule has 0 unspecified atom stereocenters. The largest absolute Gasteiger partial charge is 0.325 e. The minimum atomic E-state index is 0.455. The van der Waals surface area contributed by atoms with Crippen LogP contribution in [0.3, 0.4) is 0 Å². The monoisotopic (exact) mass is 226 g/mol. The Kier molecular flexibility index (Phi) is 5.37. The summed E-state index contributed by atoms with van der Waals surface area (Å²) < 4.78 is 1.84. The van der Waals surface area contributed by atoms with Crippen LogP contribution in [0.4, 0.5) is 0 Å². The van der Waals surface area contributed by atoms with Gasteiger partial charge in [-0.3, -0.25) is 4.68 Å². The number of hydrogen-bond acceptors (Lipinski definition) is 5. The summed E-state index contributed by atoms with van der Waals surface area (Å²) in [7, 11) is 6.28. The van der Waals surface area contributed by atoms with Gasteiger partial charge in [0.25, 0.3) is 0 Å². The average molecular weight is 226 g/mol. The number of aromatic nitrogens is 3. The van der Waals surface area contributed by atoms with Crippen LogP contribution in [0, 0.1) is 0 Å². The lowest BCUT2D eigenvalue weighted by Gasteiger charge is -2.18. The second-order valence-corrected chi connectivity index (χ2v) is 4.28. The molecule has 0 aromatic carbocycles. The van der Waals surface area contributed by atoms with E-state index in [1.807, 2.05) is 10.9 Å². The Morgan fingerprint density at radius 1 is 1.25 bits per heavy atom. The van der Waals surface area contributed by atoms with Gasteiger partial charge in [0.05, 0.1) is 12.2 Å². The molecule has 0 aliphatic heterocycles. The highest BCUT2D eigenvalue weighted by Crippen LogP contribution is 1.92. The second kappa shape index (κ2) is 6.57. The quantitative estimate of drug-likeness (QED) is 0.661. The lowest BCUT2D eigenvalue weighted by Crippen LogP contribution is -2.31. The van der Waals surface area contributed by atoms with Gasteiger partial charge < -0.3 is 15.5 Å². The zero-order valence-corrected chi connectivity index (χ0v) is 10.4. The lowest BCUT2D eigenvalue weighted by molar-refractivity contribution is 0.269. The van der Waals surface area contributed by atoms with E-state index in [0.29, 0.717) is 6.54 Å². The smallest absolute Gasteiger partial charge is 0.0962 e. The maximum Gasteiger partial charge on any atom is 0.0962 e. The fourth-order valence-corrected chi connectivity index (χ4v) is 1.30. The van der Waals surface area contributed by atoms with E-state index in [1.165, 1.54) is 0 Å². The van der Waals surface area contributed by atoms with Crippen molar-refractivity contribution in [3.05, 3.63) is 11.9 Å². The first-order chi connectivity index (χ1) is 7.61. The molecule has 0 bridgehead atoms. The summed E-state index contributed by atoms with van der Waals surface area (Å²) in [4.78, 5) is 4.46. The average Bonchev–Trinajstić information content (AvgIpc) is 2.71. The zero-order chi connectivity index (χ0) is 12.0. The fourth-order valence-electron chi connectivity index (χ4n) is 1.30. The number of nitrogens with two attached hydrogens (primary N) is 1. The summed E-state index contributed by atoms with van der Waals surface area (Å²) in [5, 5.41) is 7.95. The van der Waals surface area contributed by atoms with Gasteiger partial charge in [0.1, 0.15) is 0 Å². The Bertz CT molecular complexity index is 295. The van der Waals surface area contributed by atoms with Crippen molar-refractivity contribution in [2.45, 2.75) is 13.1 Å². The van der Waals surface area contributed by atoms with Crippen molar-refractivity contribution in [2.75, 3.05) is 40.8 Å². The van der Waals surface area contributed by atoms with E-state index >= 15 is 0 Å². The van der Waals surface area contributed by atoms with Gasteiger partial charge in [-0.1, -0.05) is 5.21 Å². The van der Waals surface area contributed by atoms with Crippen LogP contribution in [-0.2, 0) is 13.1 Å². The van der Waals surface area contributed by atoms with Gasteiger partial charge in [-0.15, -0.1) is 5.10 Å². The molecule has 2 N–H and O–H groups in total. The van der Waals surface area contributed by atoms with Crippen LogP contribution in [0.2, 0.25) is 0 Å². The molecule has 1 aromatic rings. The van der Waals surface area contributed by atoms with E-state index in [4.69, 9.17) is 5.73 Å². The molecule has 1 rings (SSSR count). The first-order valence-electron chi connectivity index (χ1n) is 5.54. The third kappa shape index (κ3) is 4.69. The Labute approximate surface area is 97.0 Å². The molecule has 0 saturated heterocycles. The molecule has 92 valence electrons. The molecule has 0 amide bonds. The maximum atomic E-state index is 5.47. The van der Waals surface area contributed by atoms with Gasteiger partial charge in [0.2, 0.25) is 0 Å². The summed E-state index contributed by atoms with van der Waals surface area (Å²) in [6, 6.07) is 0. The molecule has 0 spiro atoms. The number of hydrogen-bond donors (Lipinski definition) is 1. The highest BCUT2D eigenvalue weighted by atomic mass is 15.4. The molecule has 1 aromatic heterocycles. The minimum Gasteiger partial charge on any atom is -0.325 e. The molecule has 6 nitrogen and oxygen atoms in total. The van der Waals surface area contributed by atoms with Crippen molar-refractivity contribution in [1.29, 1.82) is 0 Å². The van der Waals surface area contributed by atoms with Crippen LogP contribution in [0.25, 0.3) is 0 Å². The molecule has 6 heteroatoms. The topological polar surface area (TPSA) is 63.2 Å². The van der Waals surface area contributed by atoms with Gasteiger partial charge in [0, 0.05) is 32.4 Å².